The standard InChI is InChI=1S/C14H14F4N3O/c1-21(2,3)12-7-13(20-8-19-12)22-9-4-5-11(15)10(6-9)14(16,17)18/h4-8H,1-3H3/q+1. The SMILES string of the molecule is C[N+](C)(C)c1cc(Oc2ccc(F)c(C(F)(F)F)c2)ncn1. The number of hydrogen-bond donors (Lipinski definition) is 0. The Bertz CT molecular complexity index is 681. The summed E-state index contributed by atoms with van der Waals surface area (Å²) in [5.41, 5.74) is -1.38. The van der Waals surface area contributed by atoms with E-state index in [0.29, 0.717) is 22.4 Å². The molecule has 0 radical (unpaired) electrons. The molecule has 1 aromatic heterocycles. The van der Waals surface area contributed by atoms with Crippen LogP contribution in [0.1, 0.15) is 5.56 Å². The molecule has 0 fully saturated rings. The van der Waals surface area contributed by atoms with Gasteiger partial charge in [-0.1, -0.05) is 0 Å². The van der Waals surface area contributed by atoms with Crippen LogP contribution in [0, 0.1) is 5.82 Å². The Morgan fingerprint density at radius 1 is 1.05 bits per heavy atom. The summed E-state index contributed by atoms with van der Waals surface area (Å²) in [7, 11) is 5.60. The van der Waals surface area contributed by atoms with Crippen LogP contribution >= 0.6 is 0 Å². The van der Waals surface area contributed by atoms with Crippen molar-refractivity contribution in [3.63, 3.8) is 0 Å². The smallest absolute Gasteiger partial charge is 0.419 e. The van der Waals surface area contributed by atoms with E-state index in [2.05, 4.69) is 9.97 Å². The minimum atomic E-state index is -4.79. The normalized spacial score (nSPS) is 12.3. The zero-order valence-corrected chi connectivity index (χ0v) is 12.1. The van der Waals surface area contributed by atoms with Crippen LogP contribution in [0.15, 0.2) is 30.6 Å². The topological polar surface area (TPSA) is 35.0 Å². The van der Waals surface area contributed by atoms with Gasteiger partial charge >= 0.3 is 6.18 Å². The Kier molecular flexibility index (Phi) is 4.06. The van der Waals surface area contributed by atoms with E-state index in [4.69, 9.17) is 4.74 Å². The maximum Gasteiger partial charge on any atom is 0.419 e. The molecule has 0 atom stereocenters. The monoisotopic (exact) mass is 316 g/mol. The van der Waals surface area contributed by atoms with Gasteiger partial charge in [-0.05, 0) is 18.2 Å². The Morgan fingerprint density at radius 3 is 2.32 bits per heavy atom. The predicted molar refractivity (Wildman–Crippen MR) is 73.1 cm³/mol. The van der Waals surface area contributed by atoms with E-state index in [1.807, 2.05) is 21.1 Å². The van der Waals surface area contributed by atoms with E-state index in [1.54, 1.807) is 0 Å². The molecule has 0 aliphatic carbocycles. The molecule has 8 heteroatoms. The molecule has 1 heterocycles. The van der Waals surface area contributed by atoms with Crippen molar-refractivity contribution < 1.29 is 22.3 Å². The van der Waals surface area contributed by atoms with E-state index in [9.17, 15) is 17.6 Å². The molecule has 0 saturated heterocycles. The quantitative estimate of drug-likeness (QED) is 0.641. The lowest BCUT2D eigenvalue weighted by Gasteiger charge is -2.21. The molecule has 2 rings (SSSR count). The highest BCUT2D eigenvalue weighted by molar-refractivity contribution is 5.38. The second kappa shape index (κ2) is 5.53. The Labute approximate surface area is 124 Å². The summed E-state index contributed by atoms with van der Waals surface area (Å²) in [6, 6.07) is 3.93. The molecule has 0 aliphatic heterocycles. The average molecular weight is 316 g/mol. The summed E-state index contributed by atoms with van der Waals surface area (Å²) in [4.78, 5) is 7.91. The molecule has 2 aromatic rings. The molecule has 0 aliphatic rings. The van der Waals surface area contributed by atoms with E-state index < -0.39 is 17.6 Å². The van der Waals surface area contributed by atoms with Crippen LogP contribution in [-0.4, -0.2) is 31.1 Å². The Hall–Kier alpha value is -2.22. The molecule has 1 aromatic carbocycles. The van der Waals surface area contributed by atoms with E-state index in [0.717, 1.165) is 6.07 Å². The minimum Gasteiger partial charge on any atom is -0.439 e. The van der Waals surface area contributed by atoms with Crippen molar-refractivity contribution in [1.29, 1.82) is 0 Å². The first-order chi connectivity index (χ1) is 10.1. The fourth-order valence-corrected chi connectivity index (χ4v) is 1.66. The van der Waals surface area contributed by atoms with Crippen molar-refractivity contribution in [1.82, 2.24) is 14.5 Å². The van der Waals surface area contributed by atoms with Gasteiger partial charge in [0.1, 0.15) is 17.9 Å². The highest BCUT2D eigenvalue weighted by Crippen LogP contribution is 2.34. The number of benzene rings is 1. The zero-order valence-electron chi connectivity index (χ0n) is 12.1. The van der Waals surface area contributed by atoms with E-state index in [1.165, 1.54) is 12.4 Å². The number of rotatable bonds is 3. The summed E-state index contributed by atoms with van der Waals surface area (Å²) >= 11 is 0. The Morgan fingerprint density at radius 2 is 1.73 bits per heavy atom. The van der Waals surface area contributed by atoms with Crippen LogP contribution in [0.4, 0.5) is 23.4 Å². The fraction of sp³-hybridized carbons (Fsp3) is 0.286. The van der Waals surface area contributed by atoms with Gasteiger partial charge in [0.2, 0.25) is 11.7 Å². The fourth-order valence-electron chi connectivity index (χ4n) is 1.66. The van der Waals surface area contributed by atoms with Crippen LogP contribution in [0.25, 0.3) is 0 Å². The number of alkyl halides is 3. The highest BCUT2D eigenvalue weighted by Gasteiger charge is 2.34. The number of halogens is 4. The van der Waals surface area contributed by atoms with Crippen molar-refractivity contribution in [3.8, 4) is 11.6 Å². The molecule has 4 nitrogen and oxygen atoms in total. The summed E-state index contributed by atoms with van der Waals surface area (Å²) in [5, 5.41) is 0. The van der Waals surface area contributed by atoms with Crippen molar-refractivity contribution >= 4 is 5.82 Å². The number of ether oxygens (including phenoxy) is 1. The third-order valence-corrected chi connectivity index (χ3v) is 2.78. The molecule has 0 amide bonds. The lowest BCUT2D eigenvalue weighted by Crippen LogP contribution is -2.35. The second-order valence-electron chi connectivity index (χ2n) is 5.47. The average Bonchev–Trinajstić information content (AvgIpc) is 2.39. The van der Waals surface area contributed by atoms with Crippen LogP contribution in [0.3, 0.4) is 0 Å². The van der Waals surface area contributed by atoms with Crippen LogP contribution < -0.4 is 9.22 Å². The molecule has 0 spiro atoms. The molecular weight excluding hydrogens is 302 g/mol. The third kappa shape index (κ3) is 3.70. The molecular formula is C14H14F4N3O+. The zero-order chi connectivity index (χ0) is 16.5. The van der Waals surface area contributed by atoms with E-state index >= 15 is 0 Å². The molecule has 0 saturated carbocycles. The first-order valence-corrected chi connectivity index (χ1v) is 6.26. The van der Waals surface area contributed by atoms with Gasteiger partial charge in [-0.25, -0.2) is 9.37 Å². The van der Waals surface area contributed by atoms with Crippen LogP contribution in [0.5, 0.6) is 11.6 Å². The summed E-state index contributed by atoms with van der Waals surface area (Å²) < 4.78 is 56.9. The van der Waals surface area contributed by atoms with Gasteiger partial charge < -0.3 is 4.74 Å². The first kappa shape index (κ1) is 16.2. The maximum absolute atomic E-state index is 13.2. The predicted octanol–water partition coefficient (Wildman–Crippen LogP) is 3.62. The minimum absolute atomic E-state index is 0.0813. The van der Waals surface area contributed by atoms with Crippen molar-refractivity contribution in [3.05, 3.63) is 42.0 Å². The molecule has 22 heavy (non-hydrogen) atoms. The number of nitrogens with zero attached hydrogens (tertiary/aromatic N) is 3. The van der Waals surface area contributed by atoms with Crippen LogP contribution in [0.2, 0.25) is 0 Å². The molecule has 0 bridgehead atoms. The van der Waals surface area contributed by atoms with Gasteiger partial charge in [0, 0.05) is 0 Å². The van der Waals surface area contributed by atoms with Gasteiger partial charge in [0.05, 0.1) is 32.8 Å². The Balaban J connectivity index is 2.32. The van der Waals surface area contributed by atoms with Gasteiger partial charge in [0.15, 0.2) is 0 Å². The number of aromatic nitrogens is 2. The maximum atomic E-state index is 13.2. The lowest BCUT2D eigenvalue weighted by molar-refractivity contribution is -0.140. The summed E-state index contributed by atoms with van der Waals surface area (Å²) in [6.07, 6.45) is -3.54. The molecule has 0 N–H and O–H groups in total. The van der Waals surface area contributed by atoms with Gasteiger partial charge in [-0.2, -0.15) is 18.2 Å². The third-order valence-electron chi connectivity index (χ3n) is 2.78. The molecule has 118 valence electrons. The van der Waals surface area contributed by atoms with Crippen molar-refractivity contribution in [2.24, 2.45) is 0 Å². The van der Waals surface area contributed by atoms with Crippen LogP contribution in [-0.2, 0) is 6.18 Å². The van der Waals surface area contributed by atoms with Crippen molar-refractivity contribution in [2.75, 3.05) is 21.1 Å². The summed E-state index contributed by atoms with van der Waals surface area (Å²) in [6.45, 7) is 0. The summed E-state index contributed by atoms with van der Waals surface area (Å²) in [5.74, 6) is -0.810. The number of quaternary nitrogens is 1. The number of hydrogen-bond acceptors (Lipinski definition) is 3. The lowest BCUT2D eigenvalue weighted by atomic mass is 10.2. The first-order valence-electron chi connectivity index (χ1n) is 6.26. The van der Waals surface area contributed by atoms with E-state index in [-0.39, 0.29) is 11.6 Å². The van der Waals surface area contributed by atoms with Gasteiger partial charge in [-0.3, -0.25) is 4.48 Å². The van der Waals surface area contributed by atoms with Gasteiger partial charge in [-0.15, -0.1) is 0 Å². The molecule has 0 unspecified atom stereocenters. The van der Waals surface area contributed by atoms with Crippen molar-refractivity contribution in [2.45, 2.75) is 6.18 Å². The van der Waals surface area contributed by atoms with Gasteiger partial charge in [0.25, 0.3) is 0 Å². The largest absolute Gasteiger partial charge is 0.439 e. The second-order valence-corrected chi connectivity index (χ2v) is 5.47. The highest BCUT2D eigenvalue weighted by atomic mass is 19.4.